The van der Waals surface area contributed by atoms with Crippen LogP contribution in [0.4, 0.5) is 0 Å². The molecule has 0 aromatic heterocycles. The van der Waals surface area contributed by atoms with Crippen molar-refractivity contribution in [2.75, 3.05) is 26.2 Å². The van der Waals surface area contributed by atoms with Crippen LogP contribution in [0.2, 0.25) is 0 Å². The zero-order valence-corrected chi connectivity index (χ0v) is 18.7. The molecule has 0 saturated carbocycles. The van der Waals surface area contributed by atoms with Gasteiger partial charge in [-0.2, -0.15) is 0 Å². The summed E-state index contributed by atoms with van der Waals surface area (Å²) in [6.07, 6.45) is 0.687. The predicted molar refractivity (Wildman–Crippen MR) is 129 cm³/mol. The smallest absolute Gasteiger partial charge is 0.303 e. The molecule has 1 heterocycles. The van der Waals surface area contributed by atoms with E-state index in [4.69, 9.17) is 0 Å². The predicted octanol–water partition coefficient (Wildman–Crippen LogP) is 4.57. The lowest BCUT2D eigenvalue weighted by Gasteiger charge is -2.40. The van der Waals surface area contributed by atoms with Crippen molar-refractivity contribution in [3.05, 3.63) is 108 Å². The number of carbonyl (C=O) groups is 2. The number of carboxylic acids is 1. The number of amides is 1. The lowest BCUT2D eigenvalue weighted by Crippen LogP contribution is -2.51. The molecule has 5 nitrogen and oxygen atoms in total. The number of hydrogen-bond donors (Lipinski definition) is 1. The molecule has 4 rings (SSSR count). The summed E-state index contributed by atoms with van der Waals surface area (Å²) >= 11 is 0. The van der Waals surface area contributed by atoms with Crippen molar-refractivity contribution in [1.29, 1.82) is 0 Å². The summed E-state index contributed by atoms with van der Waals surface area (Å²) in [7, 11) is 0. The fourth-order valence-electron chi connectivity index (χ4n) is 4.70. The highest BCUT2D eigenvalue weighted by molar-refractivity contribution is 5.87. The number of carbonyl (C=O) groups excluding carboxylic acids is 1. The normalized spacial score (nSPS) is 15.4. The van der Waals surface area contributed by atoms with Gasteiger partial charge in [0.05, 0.1) is 5.92 Å². The first kappa shape index (κ1) is 22.7. The van der Waals surface area contributed by atoms with Gasteiger partial charge in [0.15, 0.2) is 0 Å². The maximum absolute atomic E-state index is 13.7. The Labute approximate surface area is 195 Å². The molecular weight excluding hydrogens is 412 g/mol. The zero-order chi connectivity index (χ0) is 23.0. The second kappa shape index (κ2) is 10.9. The van der Waals surface area contributed by atoms with Crippen molar-refractivity contribution in [2.24, 2.45) is 0 Å². The van der Waals surface area contributed by atoms with Crippen molar-refractivity contribution >= 4 is 11.9 Å². The van der Waals surface area contributed by atoms with Crippen molar-refractivity contribution in [1.82, 2.24) is 9.80 Å². The van der Waals surface area contributed by atoms with Gasteiger partial charge in [-0.1, -0.05) is 91.0 Å². The molecule has 5 heteroatoms. The quantitative estimate of drug-likeness (QED) is 0.555. The summed E-state index contributed by atoms with van der Waals surface area (Å²) < 4.78 is 0. The van der Waals surface area contributed by atoms with Gasteiger partial charge in [-0.3, -0.25) is 14.5 Å². The molecule has 170 valence electrons. The molecule has 1 fully saturated rings. The molecule has 1 saturated heterocycles. The third-order valence-corrected chi connectivity index (χ3v) is 6.40. The number of carboxylic acid groups (broad SMARTS) is 1. The van der Waals surface area contributed by atoms with Gasteiger partial charge in [0.1, 0.15) is 0 Å². The molecule has 1 aliphatic heterocycles. The molecule has 3 aromatic carbocycles. The van der Waals surface area contributed by atoms with Crippen LogP contribution in [0, 0.1) is 0 Å². The van der Waals surface area contributed by atoms with E-state index in [1.165, 1.54) is 0 Å². The molecule has 3 aromatic rings. The Bertz CT molecular complexity index is 993. The molecule has 1 aliphatic rings. The second-order valence-corrected chi connectivity index (χ2v) is 8.47. The molecule has 0 unspecified atom stereocenters. The van der Waals surface area contributed by atoms with Gasteiger partial charge in [0.2, 0.25) is 5.91 Å². The van der Waals surface area contributed by atoms with Crippen LogP contribution < -0.4 is 0 Å². The van der Waals surface area contributed by atoms with Crippen molar-refractivity contribution in [3.8, 4) is 0 Å². The molecule has 1 amide bonds. The van der Waals surface area contributed by atoms with Crippen molar-refractivity contribution < 1.29 is 14.7 Å². The van der Waals surface area contributed by atoms with Gasteiger partial charge < -0.3 is 10.0 Å². The van der Waals surface area contributed by atoms with Crippen LogP contribution in [0.25, 0.3) is 0 Å². The zero-order valence-electron chi connectivity index (χ0n) is 18.7. The molecule has 0 spiro atoms. The molecule has 0 radical (unpaired) electrons. The number of hydrogen-bond acceptors (Lipinski definition) is 3. The van der Waals surface area contributed by atoms with E-state index in [0.717, 1.165) is 29.8 Å². The standard InChI is InChI=1S/C28H30N2O3/c31-26(32)17-16-25(22-10-4-1-5-11-22)29-18-20-30(21-19-29)28(33)27(23-12-6-2-7-13-23)24-14-8-3-9-15-24/h1-15,25,27H,16-21H2,(H,31,32)/t25-/m1/s1. The Kier molecular flexibility index (Phi) is 7.53. The number of nitrogens with zero attached hydrogens (tertiary/aromatic N) is 2. The maximum Gasteiger partial charge on any atom is 0.303 e. The van der Waals surface area contributed by atoms with Gasteiger partial charge in [0, 0.05) is 38.6 Å². The fourth-order valence-corrected chi connectivity index (χ4v) is 4.70. The average molecular weight is 443 g/mol. The highest BCUT2D eigenvalue weighted by Crippen LogP contribution is 2.30. The first-order valence-electron chi connectivity index (χ1n) is 11.5. The Morgan fingerprint density at radius 3 is 1.61 bits per heavy atom. The summed E-state index contributed by atoms with van der Waals surface area (Å²) in [6.45, 7) is 2.71. The Hall–Kier alpha value is -3.44. The van der Waals surface area contributed by atoms with E-state index in [0.29, 0.717) is 19.5 Å². The van der Waals surface area contributed by atoms with Gasteiger partial charge in [-0.25, -0.2) is 0 Å². The summed E-state index contributed by atoms with van der Waals surface area (Å²) in [5.74, 6) is -0.983. The van der Waals surface area contributed by atoms with E-state index in [2.05, 4.69) is 17.0 Å². The molecule has 33 heavy (non-hydrogen) atoms. The highest BCUT2D eigenvalue weighted by atomic mass is 16.4. The van der Waals surface area contributed by atoms with Crippen LogP contribution in [0.1, 0.15) is 41.5 Å². The topological polar surface area (TPSA) is 60.9 Å². The molecule has 1 atom stereocenters. The SMILES string of the molecule is O=C(O)CC[C@H](c1ccccc1)N1CCN(C(=O)C(c2ccccc2)c2ccccc2)CC1. The van der Waals surface area contributed by atoms with Gasteiger partial charge in [-0.15, -0.1) is 0 Å². The minimum absolute atomic E-state index is 0.0404. The van der Waals surface area contributed by atoms with Crippen molar-refractivity contribution in [3.63, 3.8) is 0 Å². The third kappa shape index (κ3) is 5.68. The Balaban J connectivity index is 1.49. The number of benzene rings is 3. The monoisotopic (exact) mass is 442 g/mol. The minimum atomic E-state index is -0.779. The van der Waals surface area contributed by atoms with E-state index in [-0.39, 0.29) is 24.3 Å². The van der Waals surface area contributed by atoms with E-state index in [1.807, 2.05) is 83.8 Å². The van der Waals surface area contributed by atoms with E-state index in [9.17, 15) is 14.7 Å². The summed E-state index contributed by atoms with van der Waals surface area (Å²) in [5, 5.41) is 9.23. The minimum Gasteiger partial charge on any atom is -0.481 e. The fraction of sp³-hybridized carbons (Fsp3) is 0.286. The maximum atomic E-state index is 13.7. The van der Waals surface area contributed by atoms with E-state index >= 15 is 0 Å². The number of piperazine rings is 1. The summed E-state index contributed by atoms with van der Waals surface area (Å²) in [4.78, 5) is 29.2. The average Bonchev–Trinajstić information content (AvgIpc) is 2.86. The number of aliphatic carboxylic acids is 1. The van der Waals surface area contributed by atoms with Crippen LogP contribution in [-0.4, -0.2) is 53.0 Å². The highest BCUT2D eigenvalue weighted by Gasteiger charge is 2.32. The molecule has 1 N–H and O–H groups in total. The van der Waals surface area contributed by atoms with Crippen LogP contribution in [0.15, 0.2) is 91.0 Å². The molecular formula is C28H30N2O3. The van der Waals surface area contributed by atoms with Gasteiger partial charge in [-0.05, 0) is 23.1 Å². The Morgan fingerprint density at radius 1 is 0.697 bits per heavy atom. The lowest BCUT2D eigenvalue weighted by atomic mass is 9.89. The Morgan fingerprint density at radius 2 is 1.15 bits per heavy atom. The van der Waals surface area contributed by atoms with Crippen LogP contribution in [0.3, 0.4) is 0 Å². The second-order valence-electron chi connectivity index (χ2n) is 8.47. The van der Waals surface area contributed by atoms with Gasteiger partial charge in [0.25, 0.3) is 0 Å². The van der Waals surface area contributed by atoms with Crippen LogP contribution in [-0.2, 0) is 9.59 Å². The largest absolute Gasteiger partial charge is 0.481 e. The van der Waals surface area contributed by atoms with Crippen LogP contribution >= 0.6 is 0 Å². The van der Waals surface area contributed by atoms with Crippen molar-refractivity contribution in [2.45, 2.75) is 24.8 Å². The first-order chi connectivity index (χ1) is 16.1. The first-order valence-corrected chi connectivity index (χ1v) is 11.5. The number of rotatable bonds is 8. The lowest BCUT2D eigenvalue weighted by molar-refractivity contribution is -0.137. The summed E-state index contributed by atoms with van der Waals surface area (Å²) in [6, 6.07) is 30.0. The molecule has 0 aliphatic carbocycles. The molecule has 0 bridgehead atoms. The van der Waals surface area contributed by atoms with E-state index < -0.39 is 5.97 Å². The van der Waals surface area contributed by atoms with E-state index in [1.54, 1.807) is 0 Å². The third-order valence-electron chi connectivity index (χ3n) is 6.40. The van der Waals surface area contributed by atoms with Gasteiger partial charge >= 0.3 is 5.97 Å². The van der Waals surface area contributed by atoms with Crippen LogP contribution in [0.5, 0.6) is 0 Å². The summed E-state index contributed by atoms with van der Waals surface area (Å²) in [5.41, 5.74) is 3.13.